The van der Waals surface area contributed by atoms with Crippen LogP contribution in [0.3, 0.4) is 0 Å². The van der Waals surface area contributed by atoms with Gasteiger partial charge in [0.25, 0.3) is 5.91 Å². The Morgan fingerprint density at radius 2 is 2.00 bits per heavy atom. The Morgan fingerprint density at radius 1 is 1.24 bits per heavy atom. The Kier molecular flexibility index (Phi) is 4.03. The van der Waals surface area contributed by atoms with Crippen LogP contribution >= 0.6 is 11.3 Å². The number of nitrogens with one attached hydrogen (secondary N) is 1. The van der Waals surface area contributed by atoms with Crippen molar-refractivity contribution in [2.45, 2.75) is 32.1 Å². The van der Waals surface area contributed by atoms with Crippen LogP contribution in [0, 0.1) is 11.3 Å². The molecule has 4 heteroatoms. The highest BCUT2D eigenvalue weighted by Gasteiger charge is 2.17. The molecule has 0 saturated carbocycles. The quantitative estimate of drug-likeness (QED) is 0.932. The molecule has 3 rings (SSSR count). The number of thiophene rings is 1. The van der Waals surface area contributed by atoms with E-state index < -0.39 is 0 Å². The van der Waals surface area contributed by atoms with Crippen LogP contribution in [0.25, 0.3) is 0 Å². The molecule has 21 heavy (non-hydrogen) atoms. The first kappa shape index (κ1) is 13.8. The minimum Gasteiger partial charge on any atom is -0.321 e. The van der Waals surface area contributed by atoms with Gasteiger partial charge < -0.3 is 5.32 Å². The standard InChI is InChI=1S/C17H16N2OS/c18-10-9-12-5-7-14(8-6-12)19-17(20)16-11-13-3-1-2-4-15(13)21-16/h5-8,11H,1-4,9H2,(H,19,20). The van der Waals surface area contributed by atoms with Crippen LogP contribution in [0.15, 0.2) is 30.3 Å². The highest BCUT2D eigenvalue weighted by molar-refractivity contribution is 7.14. The number of aryl methyl sites for hydroxylation is 2. The lowest BCUT2D eigenvalue weighted by atomic mass is 9.99. The first-order chi connectivity index (χ1) is 10.3. The molecular formula is C17H16N2OS. The number of nitriles is 1. The second-order valence-electron chi connectivity index (χ2n) is 5.25. The van der Waals surface area contributed by atoms with E-state index in [1.54, 1.807) is 11.3 Å². The molecule has 0 aliphatic heterocycles. The van der Waals surface area contributed by atoms with Gasteiger partial charge in [0, 0.05) is 10.6 Å². The van der Waals surface area contributed by atoms with Crippen LogP contribution in [0.4, 0.5) is 5.69 Å². The number of carbonyl (C=O) groups is 1. The molecule has 1 aromatic carbocycles. The Balaban J connectivity index is 1.71. The summed E-state index contributed by atoms with van der Waals surface area (Å²) in [7, 11) is 0. The molecule has 1 N–H and O–H groups in total. The second-order valence-corrected chi connectivity index (χ2v) is 6.39. The molecule has 0 fully saturated rings. The first-order valence-electron chi connectivity index (χ1n) is 7.15. The van der Waals surface area contributed by atoms with E-state index in [1.807, 2.05) is 30.3 Å². The summed E-state index contributed by atoms with van der Waals surface area (Å²) < 4.78 is 0. The highest BCUT2D eigenvalue weighted by atomic mass is 32.1. The monoisotopic (exact) mass is 296 g/mol. The minimum atomic E-state index is -0.0394. The Hall–Kier alpha value is -2.12. The summed E-state index contributed by atoms with van der Waals surface area (Å²) in [4.78, 5) is 14.5. The molecule has 0 atom stereocenters. The van der Waals surface area contributed by atoms with E-state index in [0.29, 0.717) is 6.42 Å². The molecule has 0 saturated heterocycles. The zero-order chi connectivity index (χ0) is 14.7. The fourth-order valence-corrected chi connectivity index (χ4v) is 3.74. The Labute approximate surface area is 128 Å². The van der Waals surface area contributed by atoms with E-state index in [1.165, 1.54) is 23.3 Å². The Morgan fingerprint density at radius 3 is 2.71 bits per heavy atom. The van der Waals surface area contributed by atoms with Crippen LogP contribution < -0.4 is 5.32 Å². The Bertz CT molecular complexity index is 671. The van der Waals surface area contributed by atoms with Crippen molar-refractivity contribution in [1.82, 2.24) is 0 Å². The molecular weight excluding hydrogens is 280 g/mol. The number of carbonyl (C=O) groups excluding carboxylic acids is 1. The van der Waals surface area contributed by atoms with Gasteiger partial charge in [-0.3, -0.25) is 4.79 Å². The number of hydrogen-bond donors (Lipinski definition) is 1. The van der Waals surface area contributed by atoms with E-state index >= 15 is 0 Å². The molecule has 1 heterocycles. The van der Waals surface area contributed by atoms with Crippen LogP contribution in [-0.2, 0) is 19.3 Å². The number of benzene rings is 1. The zero-order valence-corrected chi connectivity index (χ0v) is 12.5. The van der Waals surface area contributed by atoms with Crippen molar-refractivity contribution < 1.29 is 4.79 Å². The molecule has 1 aliphatic carbocycles. The maximum absolute atomic E-state index is 12.3. The second kappa shape index (κ2) is 6.11. The maximum atomic E-state index is 12.3. The summed E-state index contributed by atoms with van der Waals surface area (Å²) in [5.41, 5.74) is 3.08. The molecule has 0 spiro atoms. The lowest BCUT2D eigenvalue weighted by Crippen LogP contribution is -2.10. The van der Waals surface area contributed by atoms with Crippen molar-refractivity contribution in [2.75, 3.05) is 5.32 Å². The van der Waals surface area contributed by atoms with Gasteiger partial charge in [0.15, 0.2) is 0 Å². The third kappa shape index (κ3) is 3.14. The van der Waals surface area contributed by atoms with Crippen LogP contribution in [0.1, 0.15) is 38.5 Å². The summed E-state index contributed by atoms with van der Waals surface area (Å²) in [6.07, 6.45) is 5.06. The predicted molar refractivity (Wildman–Crippen MR) is 84.7 cm³/mol. The number of hydrogen-bond acceptors (Lipinski definition) is 3. The SMILES string of the molecule is N#CCc1ccc(NC(=O)c2cc3c(s2)CCCC3)cc1. The summed E-state index contributed by atoms with van der Waals surface area (Å²) >= 11 is 1.62. The van der Waals surface area contributed by atoms with E-state index in [-0.39, 0.29) is 5.91 Å². The zero-order valence-electron chi connectivity index (χ0n) is 11.7. The maximum Gasteiger partial charge on any atom is 0.265 e. The largest absolute Gasteiger partial charge is 0.321 e. The molecule has 0 radical (unpaired) electrons. The predicted octanol–water partition coefficient (Wildman–Crippen LogP) is 3.95. The molecule has 0 bridgehead atoms. The van der Waals surface area contributed by atoms with Gasteiger partial charge in [0.1, 0.15) is 0 Å². The summed E-state index contributed by atoms with van der Waals surface area (Å²) in [5, 5.41) is 11.6. The number of nitrogens with zero attached hydrogens (tertiary/aromatic N) is 1. The fourth-order valence-electron chi connectivity index (χ4n) is 2.59. The van der Waals surface area contributed by atoms with Crippen molar-refractivity contribution in [3.63, 3.8) is 0 Å². The average molecular weight is 296 g/mol. The summed E-state index contributed by atoms with van der Waals surface area (Å²) in [6, 6.07) is 11.6. The molecule has 106 valence electrons. The first-order valence-corrected chi connectivity index (χ1v) is 7.97. The van der Waals surface area contributed by atoms with Crippen molar-refractivity contribution in [3.8, 4) is 6.07 Å². The van der Waals surface area contributed by atoms with Crippen LogP contribution in [0.5, 0.6) is 0 Å². The summed E-state index contributed by atoms with van der Waals surface area (Å²) in [6.45, 7) is 0. The third-order valence-corrected chi connectivity index (χ3v) is 4.95. The highest BCUT2D eigenvalue weighted by Crippen LogP contribution is 2.30. The molecule has 0 unspecified atom stereocenters. The van der Waals surface area contributed by atoms with Gasteiger partial charge in [-0.2, -0.15) is 5.26 Å². The van der Waals surface area contributed by atoms with Gasteiger partial charge in [-0.1, -0.05) is 12.1 Å². The molecule has 3 nitrogen and oxygen atoms in total. The third-order valence-electron chi connectivity index (χ3n) is 3.72. The number of anilines is 1. The smallest absolute Gasteiger partial charge is 0.265 e. The van der Waals surface area contributed by atoms with Crippen LogP contribution in [-0.4, -0.2) is 5.91 Å². The molecule has 1 aromatic heterocycles. The van der Waals surface area contributed by atoms with Gasteiger partial charge >= 0.3 is 0 Å². The van der Waals surface area contributed by atoms with Crippen molar-refractivity contribution in [1.29, 1.82) is 5.26 Å². The van der Waals surface area contributed by atoms with Gasteiger partial charge in [-0.05, 0) is 55.0 Å². The van der Waals surface area contributed by atoms with E-state index in [4.69, 9.17) is 5.26 Å². The van der Waals surface area contributed by atoms with Gasteiger partial charge in [0.05, 0.1) is 17.4 Å². The van der Waals surface area contributed by atoms with E-state index in [0.717, 1.165) is 29.0 Å². The van der Waals surface area contributed by atoms with Crippen molar-refractivity contribution >= 4 is 22.9 Å². The van der Waals surface area contributed by atoms with Crippen molar-refractivity contribution in [3.05, 3.63) is 51.2 Å². The average Bonchev–Trinajstić information content (AvgIpc) is 2.94. The molecule has 2 aromatic rings. The fraction of sp³-hybridized carbons (Fsp3) is 0.294. The normalized spacial score (nSPS) is 13.3. The number of amides is 1. The topological polar surface area (TPSA) is 52.9 Å². The summed E-state index contributed by atoms with van der Waals surface area (Å²) in [5.74, 6) is -0.0394. The molecule has 1 aliphatic rings. The number of rotatable bonds is 3. The van der Waals surface area contributed by atoms with Gasteiger partial charge in [-0.15, -0.1) is 11.3 Å². The van der Waals surface area contributed by atoms with Gasteiger partial charge in [0.2, 0.25) is 0 Å². The van der Waals surface area contributed by atoms with E-state index in [2.05, 4.69) is 11.4 Å². The van der Waals surface area contributed by atoms with Gasteiger partial charge in [-0.25, -0.2) is 0 Å². The van der Waals surface area contributed by atoms with E-state index in [9.17, 15) is 4.79 Å². The number of fused-ring (bicyclic) bond motifs is 1. The van der Waals surface area contributed by atoms with Crippen LogP contribution in [0.2, 0.25) is 0 Å². The lowest BCUT2D eigenvalue weighted by molar-refractivity contribution is 0.103. The van der Waals surface area contributed by atoms with Crippen molar-refractivity contribution in [2.24, 2.45) is 0 Å². The molecule has 1 amide bonds. The lowest BCUT2D eigenvalue weighted by Gasteiger charge is -2.08. The minimum absolute atomic E-state index is 0.0394.